The summed E-state index contributed by atoms with van der Waals surface area (Å²) in [4.78, 5) is 31.9. The molecule has 2 aromatic carbocycles. The molecule has 1 aliphatic heterocycles. The van der Waals surface area contributed by atoms with Crippen molar-refractivity contribution < 1.29 is 9.59 Å². The number of amides is 2. The molecule has 1 atom stereocenters. The molecule has 0 bridgehead atoms. The highest BCUT2D eigenvalue weighted by atomic mass is 35.5. The quantitative estimate of drug-likeness (QED) is 0.149. The summed E-state index contributed by atoms with van der Waals surface area (Å²) in [5.74, 6) is 7.02. The van der Waals surface area contributed by atoms with Crippen LogP contribution in [0, 0.1) is 32.6 Å². The lowest BCUT2D eigenvalue weighted by Gasteiger charge is -2.13. The van der Waals surface area contributed by atoms with Crippen molar-refractivity contribution in [2.24, 2.45) is 10.7 Å². The van der Waals surface area contributed by atoms with Crippen LogP contribution in [-0.4, -0.2) is 45.4 Å². The molecule has 232 valence electrons. The van der Waals surface area contributed by atoms with Crippen molar-refractivity contribution in [2.45, 2.75) is 58.9 Å². The number of thiophene rings is 1. The number of nitrogens with zero attached hydrogens (tertiary/aromatic N) is 4. The molecular weight excluding hydrogens is 606 g/mol. The van der Waals surface area contributed by atoms with E-state index in [0.717, 1.165) is 63.7 Å². The third-order valence-electron chi connectivity index (χ3n) is 7.64. The summed E-state index contributed by atoms with van der Waals surface area (Å²) in [5, 5.41) is 16.4. The molecule has 4 N–H and O–H groups in total. The number of carbonyl (C=O) groups is 2. The first kappa shape index (κ1) is 32.1. The van der Waals surface area contributed by atoms with E-state index < -0.39 is 6.04 Å². The maximum Gasteiger partial charge on any atom is 0.224 e. The lowest BCUT2D eigenvalue weighted by Crippen LogP contribution is -2.26. The minimum atomic E-state index is -0.512. The average Bonchev–Trinajstić information content (AvgIpc) is 3.50. The third kappa shape index (κ3) is 7.68. The van der Waals surface area contributed by atoms with Gasteiger partial charge in [0.15, 0.2) is 5.82 Å². The van der Waals surface area contributed by atoms with Gasteiger partial charge in [0.25, 0.3) is 0 Å². The Kier molecular flexibility index (Phi) is 10.5. The van der Waals surface area contributed by atoms with Crippen molar-refractivity contribution in [2.75, 3.05) is 18.4 Å². The smallest absolute Gasteiger partial charge is 0.224 e. The van der Waals surface area contributed by atoms with Crippen molar-refractivity contribution in [3.63, 3.8) is 0 Å². The number of benzene rings is 2. The van der Waals surface area contributed by atoms with Crippen LogP contribution in [0.4, 0.5) is 5.69 Å². The number of carbonyl (C=O) groups excluding carboxylic acids is 2. The summed E-state index contributed by atoms with van der Waals surface area (Å²) in [7, 11) is 0. The molecule has 5 rings (SSSR count). The number of fused-ring (bicyclic) bond motifs is 3. The third-order valence-corrected chi connectivity index (χ3v) is 9.09. The number of anilines is 1. The van der Waals surface area contributed by atoms with Gasteiger partial charge in [0, 0.05) is 45.2 Å². The molecule has 0 saturated heterocycles. The minimum Gasteiger partial charge on any atom is -0.356 e. The molecule has 11 heteroatoms. The van der Waals surface area contributed by atoms with E-state index in [1.54, 1.807) is 11.3 Å². The standard InChI is InChI=1S/C34H36ClN7O2S/c1-21-22(2)45-34-31(21)32(25-12-14-26(35)15-13-25)39-28(33-41-40-23(3)42(33)34)20-30(44)37-19-6-4-5-9-29(43)38-27-16-10-24(11-17-27)8-7-18-36/h10-17,28H,4-6,9,18-20,36H2,1-3H3,(H,37,44)(H,38,43)/t28-/m0/s1. The topological polar surface area (TPSA) is 127 Å². The molecule has 45 heavy (non-hydrogen) atoms. The molecule has 0 aliphatic carbocycles. The van der Waals surface area contributed by atoms with Crippen molar-refractivity contribution >= 4 is 46.2 Å². The van der Waals surface area contributed by atoms with E-state index >= 15 is 0 Å². The van der Waals surface area contributed by atoms with E-state index in [-0.39, 0.29) is 18.2 Å². The van der Waals surface area contributed by atoms with Crippen LogP contribution in [0.25, 0.3) is 5.00 Å². The van der Waals surface area contributed by atoms with Crippen molar-refractivity contribution in [3.8, 4) is 16.8 Å². The summed E-state index contributed by atoms with van der Waals surface area (Å²) in [6.07, 6.45) is 2.85. The summed E-state index contributed by atoms with van der Waals surface area (Å²) in [5.41, 5.74) is 10.9. The van der Waals surface area contributed by atoms with E-state index in [0.29, 0.717) is 30.4 Å². The molecule has 9 nitrogen and oxygen atoms in total. The summed E-state index contributed by atoms with van der Waals surface area (Å²) < 4.78 is 2.04. The Morgan fingerprint density at radius 3 is 2.49 bits per heavy atom. The number of hydrogen-bond donors (Lipinski definition) is 3. The number of aliphatic imine (C=N–C) groups is 1. The molecule has 1 aliphatic rings. The zero-order valence-corrected chi connectivity index (χ0v) is 27.2. The Morgan fingerprint density at radius 2 is 1.76 bits per heavy atom. The molecule has 2 amide bonds. The first-order valence-corrected chi connectivity index (χ1v) is 16.2. The lowest BCUT2D eigenvalue weighted by atomic mass is 9.99. The second-order valence-corrected chi connectivity index (χ2v) is 12.5. The summed E-state index contributed by atoms with van der Waals surface area (Å²) in [6, 6.07) is 14.5. The molecule has 0 radical (unpaired) electrons. The van der Waals surface area contributed by atoms with E-state index in [1.165, 1.54) is 4.88 Å². The van der Waals surface area contributed by atoms with Crippen molar-refractivity contribution in [3.05, 3.63) is 92.3 Å². The van der Waals surface area contributed by atoms with Gasteiger partial charge in [0.2, 0.25) is 11.8 Å². The fourth-order valence-electron chi connectivity index (χ4n) is 5.21. The fourth-order valence-corrected chi connectivity index (χ4v) is 6.55. The van der Waals surface area contributed by atoms with Crippen LogP contribution in [0.3, 0.4) is 0 Å². The Labute approximate surface area is 272 Å². The maximum atomic E-state index is 13.2. The predicted molar refractivity (Wildman–Crippen MR) is 180 cm³/mol. The van der Waals surface area contributed by atoms with Crippen molar-refractivity contribution in [1.29, 1.82) is 0 Å². The number of aromatic nitrogens is 3. The number of nitrogens with one attached hydrogen (secondary N) is 2. The molecule has 0 saturated carbocycles. The first-order valence-electron chi connectivity index (χ1n) is 15.0. The van der Waals surface area contributed by atoms with Crippen molar-refractivity contribution in [1.82, 2.24) is 20.1 Å². The second kappa shape index (κ2) is 14.7. The van der Waals surface area contributed by atoms with Gasteiger partial charge in [-0.3, -0.25) is 19.1 Å². The van der Waals surface area contributed by atoms with E-state index in [9.17, 15) is 9.59 Å². The largest absolute Gasteiger partial charge is 0.356 e. The van der Waals surface area contributed by atoms with E-state index in [4.69, 9.17) is 22.3 Å². The van der Waals surface area contributed by atoms with Gasteiger partial charge >= 0.3 is 0 Å². The summed E-state index contributed by atoms with van der Waals surface area (Å²) in [6.45, 7) is 6.95. The van der Waals surface area contributed by atoms with E-state index in [2.05, 4.69) is 46.5 Å². The number of hydrogen-bond acceptors (Lipinski definition) is 7. The molecule has 0 unspecified atom stereocenters. The molecule has 0 fully saturated rings. The van der Waals surface area contributed by atoms with Crippen LogP contribution in [0.5, 0.6) is 0 Å². The Balaban J connectivity index is 1.17. The Morgan fingerprint density at radius 1 is 1.00 bits per heavy atom. The van der Waals surface area contributed by atoms with Crippen LogP contribution in [0.15, 0.2) is 53.5 Å². The average molecular weight is 642 g/mol. The Bertz CT molecular complexity index is 1780. The molecule has 0 spiro atoms. The van der Waals surface area contributed by atoms with E-state index in [1.807, 2.05) is 60.0 Å². The normalized spacial score (nSPS) is 13.5. The first-order chi connectivity index (χ1) is 21.7. The number of halogens is 1. The SMILES string of the molecule is Cc1sc2c(c1C)C(c1ccc(Cl)cc1)=N[C@@H](CC(=O)NCCCCCC(=O)Nc1ccc(C#CCN)cc1)c1nnc(C)n1-2. The highest BCUT2D eigenvalue weighted by molar-refractivity contribution is 7.15. The monoisotopic (exact) mass is 641 g/mol. The molecule has 2 aromatic heterocycles. The number of unbranched alkanes of at least 4 members (excludes halogenated alkanes) is 2. The van der Waals surface area contributed by atoms with Gasteiger partial charge in [-0.25, -0.2) is 0 Å². The highest BCUT2D eigenvalue weighted by Gasteiger charge is 2.32. The van der Waals surface area contributed by atoms with Crippen LogP contribution in [0.2, 0.25) is 5.02 Å². The van der Waals surface area contributed by atoms with Gasteiger partial charge in [-0.15, -0.1) is 21.5 Å². The minimum absolute atomic E-state index is 0.0408. The highest BCUT2D eigenvalue weighted by Crippen LogP contribution is 2.39. The maximum absolute atomic E-state index is 13.2. The van der Waals surface area contributed by atoms with Crippen LogP contribution < -0.4 is 16.4 Å². The van der Waals surface area contributed by atoms with Gasteiger partial charge in [0.05, 0.1) is 18.7 Å². The molecular formula is C34H36ClN7O2S. The van der Waals surface area contributed by atoms with Gasteiger partial charge in [-0.2, -0.15) is 0 Å². The zero-order valence-electron chi connectivity index (χ0n) is 25.6. The predicted octanol–water partition coefficient (Wildman–Crippen LogP) is 5.82. The lowest BCUT2D eigenvalue weighted by molar-refractivity contribution is -0.121. The van der Waals surface area contributed by atoms with Gasteiger partial charge in [-0.05, 0) is 75.6 Å². The Hall–Kier alpha value is -4.30. The number of aryl methyl sites for hydroxylation is 2. The number of rotatable bonds is 10. The van der Waals surface area contributed by atoms with Crippen LogP contribution in [0.1, 0.15) is 76.9 Å². The molecule has 3 heterocycles. The van der Waals surface area contributed by atoms with Gasteiger partial charge in [-0.1, -0.05) is 42.0 Å². The van der Waals surface area contributed by atoms with Crippen LogP contribution >= 0.6 is 22.9 Å². The number of nitrogens with two attached hydrogens (primary N) is 1. The fraction of sp³-hybridized carbons (Fsp3) is 0.324. The summed E-state index contributed by atoms with van der Waals surface area (Å²) >= 11 is 7.88. The van der Waals surface area contributed by atoms with Gasteiger partial charge < -0.3 is 16.4 Å². The zero-order chi connectivity index (χ0) is 31.9. The van der Waals surface area contributed by atoms with Crippen LogP contribution in [-0.2, 0) is 9.59 Å². The van der Waals surface area contributed by atoms with Gasteiger partial charge in [0.1, 0.15) is 16.9 Å². The second-order valence-electron chi connectivity index (χ2n) is 10.9. The molecule has 4 aromatic rings.